The first-order valence-corrected chi connectivity index (χ1v) is 6.63. The fourth-order valence-corrected chi connectivity index (χ4v) is 2.69. The lowest BCUT2D eigenvalue weighted by atomic mass is 10.0. The van der Waals surface area contributed by atoms with Crippen LogP contribution in [-0.4, -0.2) is 66.3 Å². The normalized spacial score (nSPS) is 22.6. The molecule has 1 fully saturated rings. The van der Waals surface area contributed by atoms with E-state index >= 15 is 0 Å². The number of aliphatic hydroxyl groups is 1. The van der Waals surface area contributed by atoms with Crippen molar-refractivity contribution in [2.24, 2.45) is 0 Å². The number of hydrogen-bond acceptors (Lipinski definition) is 5. The van der Waals surface area contributed by atoms with Crippen LogP contribution in [0.3, 0.4) is 0 Å². The zero-order valence-corrected chi connectivity index (χ0v) is 11.8. The molecule has 1 saturated heterocycles. The quantitative estimate of drug-likeness (QED) is 0.810. The number of rotatable bonds is 5. The Hall–Kier alpha value is -0.950. The second-order valence-corrected chi connectivity index (χ2v) is 5.04. The van der Waals surface area contributed by atoms with Gasteiger partial charge in [0.25, 0.3) is 0 Å². The number of morpholine rings is 1. The van der Waals surface area contributed by atoms with Gasteiger partial charge >= 0.3 is 0 Å². The maximum Gasteiger partial charge on any atom is 0.0900 e. The molecule has 0 aliphatic carbocycles. The molecule has 1 aromatic heterocycles. The summed E-state index contributed by atoms with van der Waals surface area (Å²) in [6.45, 7) is 7.12. The fraction of sp³-hybridized carbons (Fsp3) is 0.769. The molecule has 0 bridgehead atoms. The van der Waals surface area contributed by atoms with Gasteiger partial charge in [-0.1, -0.05) is 0 Å². The minimum absolute atomic E-state index is 0.152. The van der Waals surface area contributed by atoms with Crippen LogP contribution in [0, 0.1) is 13.8 Å². The Labute approximate surface area is 113 Å². The summed E-state index contributed by atoms with van der Waals surface area (Å²) < 4.78 is 10.6. The van der Waals surface area contributed by atoms with Gasteiger partial charge in [-0.3, -0.25) is 10.00 Å². The number of nitrogens with one attached hydrogen (secondary N) is 1. The van der Waals surface area contributed by atoms with Crippen LogP contribution in [0.2, 0.25) is 0 Å². The van der Waals surface area contributed by atoms with Crippen LogP contribution >= 0.6 is 0 Å². The Kier molecular flexibility index (Phi) is 4.93. The van der Waals surface area contributed by atoms with E-state index in [1.807, 2.05) is 13.8 Å². The SMILES string of the molecule is COCC(O)CN1CCOCC1c1c(C)n[nH]c1C. The summed E-state index contributed by atoms with van der Waals surface area (Å²) in [6.07, 6.45) is -0.474. The monoisotopic (exact) mass is 269 g/mol. The molecule has 2 unspecified atom stereocenters. The van der Waals surface area contributed by atoms with Crippen molar-refractivity contribution in [3.05, 3.63) is 17.0 Å². The van der Waals surface area contributed by atoms with E-state index in [2.05, 4.69) is 15.1 Å². The molecule has 6 heteroatoms. The number of nitrogens with zero attached hydrogens (tertiary/aromatic N) is 2. The van der Waals surface area contributed by atoms with Crippen LogP contribution in [-0.2, 0) is 9.47 Å². The molecular weight excluding hydrogens is 246 g/mol. The van der Waals surface area contributed by atoms with Crippen LogP contribution in [0.25, 0.3) is 0 Å². The van der Waals surface area contributed by atoms with Gasteiger partial charge in [-0.15, -0.1) is 0 Å². The molecule has 1 aromatic rings. The van der Waals surface area contributed by atoms with Crippen molar-refractivity contribution in [3.8, 4) is 0 Å². The number of β-amino-alcohol motifs (C(OH)–C–C–N with tert-alkyl or cyclic N) is 1. The van der Waals surface area contributed by atoms with Crippen molar-refractivity contribution >= 4 is 0 Å². The van der Waals surface area contributed by atoms with Crippen molar-refractivity contribution in [1.29, 1.82) is 0 Å². The predicted octanol–water partition coefficient (Wildman–Crippen LogP) is 0.407. The van der Waals surface area contributed by atoms with Gasteiger partial charge in [-0.05, 0) is 13.8 Å². The maximum atomic E-state index is 9.92. The van der Waals surface area contributed by atoms with Crippen LogP contribution in [0.5, 0.6) is 0 Å². The summed E-state index contributed by atoms with van der Waals surface area (Å²) in [4.78, 5) is 2.25. The third-order valence-electron chi connectivity index (χ3n) is 3.56. The Bertz CT molecular complexity index is 388. The lowest BCUT2D eigenvalue weighted by Crippen LogP contribution is -2.44. The summed E-state index contributed by atoms with van der Waals surface area (Å²) >= 11 is 0. The van der Waals surface area contributed by atoms with Crippen molar-refractivity contribution in [3.63, 3.8) is 0 Å². The van der Waals surface area contributed by atoms with Gasteiger partial charge < -0.3 is 14.6 Å². The van der Waals surface area contributed by atoms with E-state index in [1.54, 1.807) is 7.11 Å². The molecule has 0 radical (unpaired) electrons. The summed E-state index contributed by atoms with van der Waals surface area (Å²) in [5, 5.41) is 17.2. The van der Waals surface area contributed by atoms with E-state index in [9.17, 15) is 5.11 Å². The Morgan fingerprint density at radius 3 is 3.00 bits per heavy atom. The average molecular weight is 269 g/mol. The van der Waals surface area contributed by atoms with Crippen molar-refractivity contribution in [2.45, 2.75) is 26.0 Å². The van der Waals surface area contributed by atoms with Gasteiger partial charge in [-0.2, -0.15) is 5.10 Å². The maximum absolute atomic E-state index is 9.92. The number of aliphatic hydroxyl groups excluding tert-OH is 1. The molecule has 108 valence electrons. The highest BCUT2D eigenvalue weighted by Crippen LogP contribution is 2.28. The topological polar surface area (TPSA) is 70.6 Å². The lowest BCUT2D eigenvalue weighted by molar-refractivity contribution is -0.0395. The van der Waals surface area contributed by atoms with Gasteiger partial charge in [-0.25, -0.2) is 0 Å². The van der Waals surface area contributed by atoms with E-state index in [0.717, 1.165) is 17.9 Å². The zero-order valence-electron chi connectivity index (χ0n) is 11.8. The highest BCUT2D eigenvalue weighted by atomic mass is 16.5. The summed E-state index contributed by atoms with van der Waals surface area (Å²) in [5.41, 5.74) is 3.25. The minimum atomic E-state index is -0.474. The van der Waals surface area contributed by atoms with E-state index in [1.165, 1.54) is 5.56 Å². The van der Waals surface area contributed by atoms with Crippen molar-refractivity contribution in [2.75, 3.05) is 40.0 Å². The fourth-order valence-electron chi connectivity index (χ4n) is 2.69. The number of aryl methyl sites for hydroxylation is 2. The van der Waals surface area contributed by atoms with Crippen molar-refractivity contribution in [1.82, 2.24) is 15.1 Å². The molecule has 2 heterocycles. The molecule has 2 rings (SSSR count). The first kappa shape index (κ1) is 14.5. The van der Waals surface area contributed by atoms with Crippen LogP contribution in [0.15, 0.2) is 0 Å². The van der Waals surface area contributed by atoms with Crippen LogP contribution in [0.1, 0.15) is 23.0 Å². The second kappa shape index (κ2) is 6.47. The smallest absolute Gasteiger partial charge is 0.0900 e. The highest BCUT2D eigenvalue weighted by molar-refractivity contribution is 5.27. The number of ether oxygens (including phenoxy) is 2. The van der Waals surface area contributed by atoms with Gasteiger partial charge in [0.1, 0.15) is 0 Å². The number of methoxy groups -OCH3 is 1. The van der Waals surface area contributed by atoms with Crippen molar-refractivity contribution < 1.29 is 14.6 Å². The summed E-state index contributed by atoms with van der Waals surface area (Å²) in [5.74, 6) is 0. The minimum Gasteiger partial charge on any atom is -0.389 e. The predicted molar refractivity (Wildman–Crippen MR) is 71.1 cm³/mol. The van der Waals surface area contributed by atoms with Gasteiger partial charge in [0.05, 0.1) is 37.7 Å². The lowest BCUT2D eigenvalue weighted by Gasteiger charge is -2.37. The largest absolute Gasteiger partial charge is 0.389 e. The number of aromatic nitrogens is 2. The highest BCUT2D eigenvalue weighted by Gasteiger charge is 2.29. The first-order valence-electron chi connectivity index (χ1n) is 6.63. The molecule has 1 aliphatic heterocycles. The third-order valence-corrected chi connectivity index (χ3v) is 3.56. The molecule has 0 aromatic carbocycles. The average Bonchev–Trinajstić information content (AvgIpc) is 2.70. The van der Waals surface area contributed by atoms with Gasteiger partial charge in [0.15, 0.2) is 0 Å². The van der Waals surface area contributed by atoms with E-state index < -0.39 is 6.10 Å². The molecule has 2 atom stereocenters. The molecule has 2 N–H and O–H groups in total. The second-order valence-electron chi connectivity index (χ2n) is 5.04. The molecule has 1 aliphatic rings. The molecule has 0 spiro atoms. The van der Waals surface area contributed by atoms with E-state index in [-0.39, 0.29) is 6.04 Å². The van der Waals surface area contributed by atoms with Crippen LogP contribution < -0.4 is 0 Å². The first-order chi connectivity index (χ1) is 9.13. The number of hydrogen-bond donors (Lipinski definition) is 2. The van der Waals surface area contributed by atoms with Crippen LogP contribution in [0.4, 0.5) is 0 Å². The summed E-state index contributed by atoms with van der Waals surface area (Å²) in [6, 6.07) is 0.152. The Balaban J connectivity index is 2.12. The molecule has 0 amide bonds. The molecule has 0 saturated carbocycles. The number of aromatic amines is 1. The Morgan fingerprint density at radius 2 is 2.37 bits per heavy atom. The standard InChI is InChI=1S/C13H23N3O3/c1-9-13(10(2)15-14-9)12-8-19-5-4-16(12)6-11(17)7-18-3/h11-12,17H,4-8H2,1-3H3,(H,14,15). The zero-order chi connectivity index (χ0) is 13.8. The molecule has 6 nitrogen and oxygen atoms in total. The van der Waals surface area contributed by atoms with Gasteiger partial charge in [0, 0.05) is 31.5 Å². The van der Waals surface area contributed by atoms with Gasteiger partial charge in [0.2, 0.25) is 0 Å². The molecular formula is C13H23N3O3. The third kappa shape index (κ3) is 3.33. The molecule has 19 heavy (non-hydrogen) atoms. The summed E-state index contributed by atoms with van der Waals surface area (Å²) in [7, 11) is 1.60. The van der Waals surface area contributed by atoms with E-state index in [0.29, 0.717) is 26.4 Å². The number of H-pyrrole nitrogens is 1. The Morgan fingerprint density at radius 1 is 1.58 bits per heavy atom. The van der Waals surface area contributed by atoms with E-state index in [4.69, 9.17) is 9.47 Å².